The van der Waals surface area contributed by atoms with Gasteiger partial charge in [0.2, 0.25) is 5.91 Å². The van der Waals surface area contributed by atoms with Crippen molar-refractivity contribution in [1.82, 2.24) is 5.32 Å². The van der Waals surface area contributed by atoms with E-state index < -0.39 is 5.97 Å². The summed E-state index contributed by atoms with van der Waals surface area (Å²) in [6, 6.07) is 0. The first-order valence-corrected chi connectivity index (χ1v) is 20.0. The average Bonchev–Trinajstić information content (AvgIpc) is 3.05. The molecule has 1 atom stereocenters. The zero-order valence-electron chi connectivity index (χ0n) is 30.9. The third-order valence-electron chi connectivity index (χ3n) is 8.86. The van der Waals surface area contributed by atoms with Crippen LogP contribution in [0.4, 0.5) is 0 Å². The van der Waals surface area contributed by atoms with Crippen LogP contribution in [0.3, 0.4) is 0 Å². The van der Waals surface area contributed by atoms with E-state index in [-0.39, 0.29) is 24.5 Å². The van der Waals surface area contributed by atoms with Crippen LogP contribution in [0.15, 0.2) is 24.3 Å². The average molecular weight is 662 g/mol. The van der Waals surface area contributed by atoms with Gasteiger partial charge in [-0.05, 0) is 44.6 Å². The minimum Gasteiger partial charge on any atom is -0.480 e. The highest BCUT2D eigenvalue weighted by atomic mass is 16.5. The van der Waals surface area contributed by atoms with E-state index in [1.54, 1.807) is 0 Å². The molecular weight excluding hydrogens is 586 g/mol. The molecule has 0 aromatic carbocycles. The van der Waals surface area contributed by atoms with Crippen molar-refractivity contribution in [3.8, 4) is 0 Å². The Morgan fingerprint density at radius 2 is 1.04 bits per heavy atom. The largest absolute Gasteiger partial charge is 0.480 e. The molecule has 274 valence electrons. The Hall–Kier alpha value is -2.11. The molecule has 2 N–H and O–H groups in total. The molecule has 0 fully saturated rings. The first-order valence-electron chi connectivity index (χ1n) is 20.0. The van der Waals surface area contributed by atoms with Gasteiger partial charge in [-0.15, -0.1) is 0 Å². The summed E-state index contributed by atoms with van der Waals surface area (Å²) < 4.78 is 5.86. The van der Waals surface area contributed by atoms with Crippen LogP contribution in [0.2, 0.25) is 0 Å². The Labute approximate surface area is 290 Å². The van der Waals surface area contributed by atoms with Crippen LogP contribution in [0.25, 0.3) is 0 Å². The Morgan fingerprint density at radius 1 is 0.574 bits per heavy atom. The lowest BCUT2D eigenvalue weighted by Gasteiger charge is -2.14. The van der Waals surface area contributed by atoms with Crippen LogP contribution in [-0.2, 0) is 19.1 Å². The number of carboxylic acid groups (broad SMARTS) is 1. The van der Waals surface area contributed by atoms with E-state index in [4.69, 9.17) is 9.84 Å². The SMILES string of the molecule is CCCC/C=C\C/C=C\C(CCCCCCC(=O)NCC(=O)O)OC(=O)CCCCCCCCCCCCCCCCCCCCC. The number of carbonyl (C=O) groups excluding carboxylic acids is 2. The summed E-state index contributed by atoms with van der Waals surface area (Å²) in [5.41, 5.74) is 0. The molecule has 0 bridgehead atoms. The van der Waals surface area contributed by atoms with Crippen molar-refractivity contribution in [3.63, 3.8) is 0 Å². The number of unbranched alkanes of at least 4 members (excludes halogenated alkanes) is 23. The number of hydrogen-bond donors (Lipinski definition) is 2. The van der Waals surface area contributed by atoms with Gasteiger partial charge in [-0.25, -0.2) is 0 Å². The van der Waals surface area contributed by atoms with Crippen molar-refractivity contribution in [2.24, 2.45) is 0 Å². The van der Waals surface area contributed by atoms with Crippen LogP contribution in [0, 0.1) is 0 Å². The van der Waals surface area contributed by atoms with Crippen LogP contribution < -0.4 is 5.32 Å². The van der Waals surface area contributed by atoms with Crippen molar-refractivity contribution >= 4 is 17.8 Å². The summed E-state index contributed by atoms with van der Waals surface area (Å²) in [5, 5.41) is 11.0. The Balaban J connectivity index is 3.97. The fourth-order valence-electron chi connectivity index (χ4n) is 5.86. The molecule has 0 heterocycles. The normalized spacial score (nSPS) is 12.2. The Morgan fingerprint density at radius 3 is 1.55 bits per heavy atom. The number of allylic oxidation sites excluding steroid dienone is 3. The van der Waals surface area contributed by atoms with Crippen molar-refractivity contribution in [2.45, 2.75) is 213 Å². The first kappa shape index (κ1) is 44.9. The number of carbonyl (C=O) groups is 3. The zero-order valence-corrected chi connectivity index (χ0v) is 30.9. The van der Waals surface area contributed by atoms with Crippen molar-refractivity contribution < 1.29 is 24.2 Å². The number of amides is 1. The first-order chi connectivity index (χ1) is 23.0. The molecule has 47 heavy (non-hydrogen) atoms. The lowest BCUT2D eigenvalue weighted by Crippen LogP contribution is -2.28. The van der Waals surface area contributed by atoms with Gasteiger partial charge in [0.05, 0.1) is 0 Å². The summed E-state index contributed by atoms with van der Waals surface area (Å²) in [6.45, 7) is 4.15. The van der Waals surface area contributed by atoms with E-state index in [2.05, 4.69) is 37.4 Å². The highest BCUT2D eigenvalue weighted by Gasteiger charge is 2.12. The fourth-order valence-corrected chi connectivity index (χ4v) is 5.86. The molecule has 1 amide bonds. The molecule has 1 unspecified atom stereocenters. The maximum absolute atomic E-state index is 12.6. The molecular formula is C41H75NO5. The van der Waals surface area contributed by atoms with Gasteiger partial charge < -0.3 is 15.2 Å². The van der Waals surface area contributed by atoms with Crippen molar-refractivity contribution in [2.75, 3.05) is 6.54 Å². The molecule has 0 spiro atoms. The van der Waals surface area contributed by atoms with Crippen LogP contribution in [0.1, 0.15) is 206 Å². The predicted molar refractivity (Wildman–Crippen MR) is 199 cm³/mol. The molecule has 0 aromatic rings. The topological polar surface area (TPSA) is 92.7 Å². The molecule has 0 aliphatic heterocycles. The fraction of sp³-hybridized carbons (Fsp3) is 0.829. The second kappa shape index (κ2) is 36.7. The van der Waals surface area contributed by atoms with Gasteiger partial charge in [-0.3, -0.25) is 14.4 Å². The summed E-state index contributed by atoms with van der Waals surface area (Å²) in [6.07, 6.45) is 43.3. The number of nitrogens with one attached hydrogen (secondary N) is 1. The Bertz CT molecular complexity index is 778. The van der Waals surface area contributed by atoms with Gasteiger partial charge in [0.1, 0.15) is 12.6 Å². The smallest absolute Gasteiger partial charge is 0.322 e. The van der Waals surface area contributed by atoms with Crippen molar-refractivity contribution in [1.29, 1.82) is 0 Å². The zero-order chi connectivity index (χ0) is 34.5. The maximum Gasteiger partial charge on any atom is 0.322 e. The van der Waals surface area contributed by atoms with E-state index in [9.17, 15) is 14.4 Å². The monoisotopic (exact) mass is 662 g/mol. The van der Waals surface area contributed by atoms with Gasteiger partial charge in [0.15, 0.2) is 0 Å². The van der Waals surface area contributed by atoms with Gasteiger partial charge in [0.25, 0.3) is 0 Å². The third-order valence-corrected chi connectivity index (χ3v) is 8.86. The number of aliphatic carboxylic acids is 1. The minimum atomic E-state index is -1.03. The summed E-state index contributed by atoms with van der Waals surface area (Å²) in [7, 11) is 0. The summed E-state index contributed by atoms with van der Waals surface area (Å²) in [4.78, 5) is 34.8. The second-order valence-electron chi connectivity index (χ2n) is 13.5. The minimum absolute atomic E-state index is 0.0970. The van der Waals surface area contributed by atoms with E-state index in [0.717, 1.165) is 57.8 Å². The van der Waals surface area contributed by atoms with E-state index in [0.29, 0.717) is 12.8 Å². The number of rotatable bonds is 36. The van der Waals surface area contributed by atoms with E-state index in [1.807, 2.05) is 6.08 Å². The highest BCUT2D eigenvalue weighted by Crippen LogP contribution is 2.16. The lowest BCUT2D eigenvalue weighted by atomic mass is 10.0. The van der Waals surface area contributed by atoms with Gasteiger partial charge in [-0.2, -0.15) is 0 Å². The second-order valence-corrected chi connectivity index (χ2v) is 13.5. The Kier molecular flexibility index (Phi) is 35.1. The molecule has 0 saturated heterocycles. The molecule has 0 radical (unpaired) electrons. The van der Waals surface area contributed by atoms with E-state index >= 15 is 0 Å². The standard InChI is InChI=1S/C41H75NO5/c1-3-5-7-9-11-12-13-14-15-16-17-18-19-20-21-22-24-26-32-36-41(46)47-38(33-29-25-23-10-8-6-4-2)34-30-27-28-31-35-39(43)42-37-40(44)45/h10,23,29,33,38H,3-9,11-22,24-28,30-32,34-37H2,1-2H3,(H,42,43)(H,44,45)/b23-10-,33-29-. The van der Waals surface area contributed by atoms with Crippen LogP contribution in [0.5, 0.6) is 0 Å². The number of ether oxygens (including phenoxy) is 1. The number of hydrogen-bond acceptors (Lipinski definition) is 4. The molecule has 0 aromatic heterocycles. The summed E-state index contributed by atoms with van der Waals surface area (Å²) >= 11 is 0. The predicted octanol–water partition coefficient (Wildman–Crippen LogP) is 12.0. The molecule has 0 saturated carbocycles. The number of esters is 1. The number of carboxylic acids is 1. The van der Waals surface area contributed by atoms with Crippen LogP contribution >= 0.6 is 0 Å². The quantitative estimate of drug-likeness (QED) is 0.0396. The molecule has 0 aliphatic carbocycles. The highest BCUT2D eigenvalue weighted by molar-refractivity contribution is 5.80. The van der Waals surface area contributed by atoms with Gasteiger partial charge >= 0.3 is 11.9 Å². The maximum atomic E-state index is 12.6. The van der Waals surface area contributed by atoms with Crippen molar-refractivity contribution in [3.05, 3.63) is 24.3 Å². The van der Waals surface area contributed by atoms with E-state index in [1.165, 1.54) is 122 Å². The van der Waals surface area contributed by atoms with Crippen LogP contribution in [-0.4, -0.2) is 35.6 Å². The molecule has 6 heteroatoms. The molecule has 6 nitrogen and oxygen atoms in total. The summed E-state index contributed by atoms with van der Waals surface area (Å²) in [5.74, 6) is -1.34. The van der Waals surface area contributed by atoms with Gasteiger partial charge in [-0.1, -0.05) is 173 Å². The van der Waals surface area contributed by atoms with Gasteiger partial charge in [0, 0.05) is 12.8 Å². The molecule has 0 rings (SSSR count). The lowest BCUT2D eigenvalue weighted by molar-refractivity contribution is -0.147. The third kappa shape index (κ3) is 36.6. The molecule has 0 aliphatic rings.